The Balaban J connectivity index is 1.66. The number of nitrogens with one attached hydrogen (secondary N) is 2. The lowest BCUT2D eigenvalue weighted by atomic mass is 9.88. The molecule has 2 amide bonds. The first-order valence-corrected chi connectivity index (χ1v) is 10.9. The number of fused-ring (bicyclic) bond motifs is 1. The van der Waals surface area contributed by atoms with Gasteiger partial charge in [-0.2, -0.15) is 0 Å². The zero-order valence-electron chi connectivity index (χ0n) is 16.9. The maximum atomic E-state index is 13.2. The highest BCUT2D eigenvalue weighted by atomic mass is 32.1. The van der Waals surface area contributed by atoms with Crippen LogP contribution < -0.4 is 15.7 Å². The first-order chi connectivity index (χ1) is 14.9. The number of carboxylic acid groups (broad SMARTS) is 1. The van der Waals surface area contributed by atoms with Crippen LogP contribution in [0, 0.1) is 5.92 Å². The number of carboxylic acids is 1. The summed E-state index contributed by atoms with van der Waals surface area (Å²) in [6.07, 6.45) is 2.59. The molecule has 6 nitrogen and oxygen atoms in total. The van der Waals surface area contributed by atoms with Gasteiger partial charge in [0.05, 0.1) is 11.5 Å². The number of aromatic carboxylic acids is 1. The van der Waals surface area contributed by atoms with Crippen molar-refractivity contribution in [1.29, 1.82) is 0 Å². The molecule has 0 saturated carbocycles. The molecule has 3 aromatic rings. The topological polar surface area (TPSA) is 98.3 Å². The number of carbonyl (C=O) groups excluding carboxylic acids is 3. The predicted octanol–water partition coefficient (Wildman–Crippen LogP) is 3.74. The fraction of sp³-hybridized carbons (Fsp3) is 0.208. The van der Waals surface area contributed by atoms with E-state index in [1.54, 1.807) is 36.4 Å². The van der Waals surface area contributed by atoms with Crippen LogP contribution in [0.4, 0.5) is 10.7 Å². The Bertz CT molecular complexity index is 1150. The number of amides is 2. The zero-order chi connectivity index (χ0) is 22.0. The molecule has 1 aliphatic carbocycles. The van der Waals surface area contributed by atoms with E-state index in [9.17, 15) is 19.5 Å². The van der Waals surface area contributed by atoms with Crippen molar-refractivity contribution in [3.8, 4) is 0 Å². The second kappa shape index (κ2) is 8.73. The quantitative estimate of drug-likeness (QED) is 0.640. The Morgan fingerprint density at radius 2 is 1.71 bits per heavy atom. The van der Waals surface area contributed by atoms with E-state index in [2.05, 4.69) is 17.6 Å². The van der Waals surface area contributed by atoms with Gasteiger partial charge in [0, 0.05) is 16.1 Å². The first-order valence-electron chi connectivity index (χ1n) is 10.1. The highest BCUT2D eigenvalue weighted by Gasteiger charge is 2.28. The molecular weight excluding hydrogens is 412 g/mol. The van der Waals surface area contributed by atoms with E-state index in [-0.39, 0.29) is 17.4 Å². The number of carbonyl (C=O) groups is 3. The average Bonchev–Trinajstić information content (AvgIpc) is 3.11. The normalized spacial score (nSPS) is 15.1. The Hall–Kier alpha value is -3.45. The number of rotatable bonds is 5. The summed E-state index contributed by atoms with van der Waals surface area (Å²) in [5.74, 6) is -1.44. The van der Waals surface area contributed by atoms with Crippen molar-refractivity contribution >= 4 is 39.8 Å². The molecule has 4 rings (SSSR count). The molecule has 2 aromatic carbocycles. The number of benzene rings is 2. The smallest absolute Gasteiger partial charge is 0.258 e. The molecule has 0 fully saturated rings. The summed E-state index contributed by atoms with van der Waals surface area (Å²) in [6, 6.07) is 14.8. The molecule has 1 aliphatic rings. The Kier molecular flexibility index (Phi) is 5.86. The van der Waals surface area contributed by atoms with Crippen molar-refractivity contribution in [3.05, 3.63) is 81.7 Å². The van der Waals surface area contributed by atoms with Crippen molar-refractivity contribution in [3.63, 3.8) is 0 Å². The van der Waals surface area contributed by atoms with Gasteiger partial charge in [-0.15, -0.1) is 11.3 Å². The summed E-state index contributed by atoms with van der Waals surface area (Å²) in [6.45, 7) is 2.18. The maximum absolute atomic E-state index is 13.2. The van der Waals surface area contributed by atoms with Gasteiger partial charge in [-0.25, -0.2) is 0 Å². The molecule has 1 unspecified atom stereocenters. The minimum Gasteiger partial charge on any atom is -0.545 e. The molecule has 1 atom stereocenters. The standard InChI is InChI=1S/C24H22N2O4S/c1-14-10-11-18-19(12-14)31-23(26-21(27)15-6-3-2-4-7-15)20(18)22(28)25-17-9-5-8-16(13-17)24(29)30/h2-9,13-14H,10-12H2,1H3,(H,25,28)(H,26,27)(H,29,30)/p-1. The van der Waals surface area contributed by atoms with Crippen LogP contribution in [-0.2, 0) is 12.8 Å². The lowest BCUT2D eigenvalue weighted by Gasteiger charge is -2.18. The third kappa shape index (κ3) is 4.51. The molecule has 1 aromatic heterocycles. The molecule has 0 spiro atoms. The molecule has 0 saturated heterocycles. The van der Waals surface area contributed by atoms with Crippen LogP contribution in [0.15, 0.2) is 54.6 Å². The highest BCUT2D eigenvalue weighted by Crippen LogP contribution is 2.40. The van der Waals surface area contributed by atoms with Gasteiger partial charge in [0.1, 0.15) is 5.00 Å². The second-order valence-corrected chi connectivity index (χ2v) is 8.80. The van der Waals surface area contributed by atoms with Crippen LogP contribution in [0.2, 0.25) is 0 Å². The van der Waals surface area contributed by atoms with Crippen LogP contribution >= 0.6 is 11.3 Å². The number of hydrogen-bond acceptors (Lipinski definition) is 5. The molecule has 158 valence electrons. The summed E-state index contributed by atoms with van der Waals surface area (Å²) >= 11 is 1.44. The SMILES string of the molecule is CC1CCc2c(sc(NC(=O)c3ccccc3)c2C(=O)Nc2cccc(C(=O)[O-])c2)C1. The summed E-state index contributed by atoms with van der Waals surface area (Å²) in [7, 11) is 0. The van der Waals surface area contributed by atoms with Gasteiger partial charge in [-0.1, -0.05) is 37.3 Å². The minimum atomic E-state index is -1.31. The fourth-order valence-corrected chi connectivity index (χ4v) is 5.16. The van der Waals surface area contributed by atoms with Gasteiger partial charge in [0.2, 0.25) is 0 Å². The highest BCUT2D eigenvalue weighted by molar-refractivity contribution is 7.17. The maximum Gasteiger partial charge on any atom is 0.258 e. The molecule has 0 bridgehead atoms. The van der Waals surface area contributed by atoms with E-state index in [0.29, 0.717) is 27.7 Å². The van der Waals surface area contributed by atoms with Crippen LogP contribution in [0.5, 0.6) is 0 Å². The summed E-state index contributed by atoms with van der Waals surface area (Å²) in [5, 5.41) is 17.3. The Labute approximate surface area is 183 Å². The zero-order valence-corrected chi connectivity index (χ0v) is 17.8. The lowest BCUT2D eigenvalue weighted by molar-refractivity contribution is -0.255. The average molecular weight is 434 g/mol. The van der Waals surface area contributed by atoms with Crippen molar-refractivity contribution in [2.24, 2.45) is 5.92 Å². The summed E-state index contributed by atoms with van der Waals surface area (Å²) in [4.78, 5) is 38.2. The van der Waals surface area contributed by atoms with E-state index < -0.39 is 5.97 Å². The van der Waals surface area contributed by atoms with Gasteiger partial charge < -0.3 is 20.5 Å². The van der Waals surface area contributed by atoms with E-state index in [4.69, 9.17) is 0 Å². The summed E-state index contributed by atoms with van der Waals surface area (Å²) in [5.41, 5.74) is 2.26. The van der Waals surface area contributed by atoms with E-state index in [1.165, 1.54) is 23.5 Å². The molecule has 0 radical (unpaired) electrons. The second-order valence-electron chi connectivity index (χ2n) is 7.70. The van der Waals surface area contributed by atoms with E-state index in [1.807, 2.05) is 6.07 Å². The van der Waals surface area contributed by atoms with Crippen LogP contribution in [0.1, 0.15) is 54.9 Å². The molecule has 2 N–H and O–H groups in total. The van der Waals surface area contributed by atoms with Crippen molar-refractivity contribution in [2.45, 2.75) is 26.2 Å². The number of anilines is 2. The van der Waals surface area contributed by atoms with Gasteiger partial charge in [-0.05, 0) is 60.6 Å². The number of hydrogen-bond donors (Lipinski definition) is 2. The third-order valence-electron chi connectivity index (χ3n) is 5.36. The van der Waals surface area contributed by atoms with Crippen molar-refractivity contribution < 1.29 is 19.5 Å². The predicted molar refractivity (Wildman–Crippen MR) is 119 cm³/mol. The van der Waals surface area contributed by atoms with Crippen LogP contribution in [-0.4, -0.2) is 17.8 Å². The number of thiophene rings is 1. The third-order valence-corrected chi connectivity index (χ3v) is 6.53. The van der Waals surface area contributed by atoms with E-state index >= 15 is 0 Å². The van der Waals surface area contributed by atoms with Crippen molar-refractivity contribution in [1.82, 2.24) is 0 Å². The van der Waals surface area contributed by atoms with Crippen LogP contribution in [0.3, 0.4) is 0 Å². The van der Waals surface area contributed by atoms with Crippen molar-refractivity contribution in [2.75, 3.05) is 10.6 Å². The molecule has 0 aliphatic heterocycles. The van der Waals surface area contributed by atoms with Crippen LogP contribution in [0.25, 0.3) is 0 Å². The molecule has 31 heavy (non-hydrogen) atoms. The Morgan fingerprint density at radius 3 is 2.45 bits per heavy atom. The van der Waals surface area contributed by atoms with Gasteiger partial charge in [0.25, 0.3) is 11.8 Å². The Morgan fingerprint density at radius 1 is 0.968 bits per heavy atom. The largest absolute Gasteiger partial charge is 0.545 e. The summed E-state index contributed by atoms with van der Waals surface area (Å²) < 4.78 is 0. The lowest BCUT2D eigenvalue weighted by Crippen LogP contribution is -2.23. The molecular formula is C24H21N2O4S-. The van der Waals surface area contributed by atoms with E-state index in [0.717, 1.165) is 29.7 Å². The molecule has 1 heterocycles. The fourth-order valence-electron chi connectivity index (χ4n) is 3.76. The van der Waals surface area contributed by atoms with Gasteiger partial charge in [-0.3, -0.25) is 9.59 Å². The molecule has 7 heteroatoms. The minimum absolute atomic E-state index is 0.0171. The first kappa shape index (κ1) is 20.8. The van der Waals surface area contributed by atoms with Gasteiger partial charge >= 0.3 is 0 Å². The monoisotopic (exact) mass is 433 g/mol. The van der Waals surface area contributed by atoms with Gasteiger partial charge in [0.15, 0.2) is 0 Å².